The minimum absolute atomic E-state index is 0.0102. The standard InChI is InChI=1S/C22H28N4O5S2/c1-5-7-8-13-26(22-24-16(3)20(32-22)21(28)31-6-2)19(27)15-25(4)33(29,30)18-11-9-17(14-23)10-12-18/h9-12H,5-8,13,15H2,1-4H3. The van der Waals surface area contributed by atoms with Crippen LogP contribution in [0.5, 0.6) is 0 Å². The first kappa shape index (κ1) is 26.4. The average Bonchev–Trinajstić information content (AvgIpc) is 3.18. The summed E-state index contributed by atoms with van der Waals surface area (Å²) in [5, 5.41) is 9.24. The highest BCUT2D eigenvalue weighted by Crippen LogP contribution is 2.28. The fourth-order valence-corrected chi connectivity index (χ4v) is 5.10. The third-order valence-electron chi connectivity index (χ3n) is 4.81. The maximum atomic E-state index is 13.2. The van der Waals surface area contributed by atoms with Crippen LogP contribution in [0, 0.1) is 18.3 Å². The number of thiazole rings is 1. The molecule has 9 nitrogen and oxygen atoms in total. The van der Waals surface area contributed by atoms with Gasteiger partial charge in [0, 0.05) is 13.6 Å². The molecule has 2 aromatic rings. The summed E-state index contributed by atoms with van der Waals surface area (Å²) in [6.07, 6.45) is 2.54. The number of nitrogens with zero attached hydrogens (tertiary/aromatic N) is 4. The van der Waals surface area contributed by atoms with E-state index in [-0.39, 0.29) is 11.5 Å². The van der Waals surface area contributed by atoms with E-state index in [2.05, 4.69) is 4.98 Å². The SMILES string of the molecule is CCCCCN(C(=O)CN(C)S(=O)(=O)c1ccc(C#N)cc1)c1nc(C)c(C(=O)OCC)s1. The number of carbonyl (C=O) groups is 2. The fraction of sp³-hybridized carbons (Fsp3) is 0.455. The molecule has 0 bridgehead atoms. The van der Waals surface area contributed by atoms with E-state index in [0.29, 0.717) is 34.2 Å². The van der Waals surface area contributed by atoms with Gasteiger partial charge in [-0.1, -0.05) is 31.1 Å². The van der Waals surface area contributed by atoms with Crippen LogP contribution in [0.1, 0.15) is 54.0 Å². The molecular formula is C22H28N4O5S2. The molecule has 11 heteroatoms. The van der Waals surface area contributed by atoms with Gasteiger partial charge in [-0.15, -0.1) is 0 Å². The summed E-state index contributed by atoms with van der Waals surface area (Å²) < 4.78 is 31.8. The lowest BCUT2D eigenvalue weighted by molar-refractivity contribution is -0.118. The maximum Gasteiger partial charge on any atom is 0.350 e. The molecule has 0 saturated heterocycles. The number of anilines is 1. The Balaban J connectivity index is 2.27. The molecule has 178 valence electrons. The van der Waals surface area contributed by atoms with Crippen molar-refractivity contribution in [3.63, 3.8) is 0 Å². The molecule has 0 aliphatic heterocycles. The van der Waals surface area contributed by atoms with Gasteiger partial charge >= 0.3 is 5.97 Å². The molecule has 0 aliphatic carbocycles. The number of esters is 1. The highest BCUT2D eigenvalue weighted by molar-refractivity contribution is 7.89. The number of aromatic nitrogens is 1. The molecule has 2 rings (SSSR count). The van der Waals surface area contributed by atoms with E-state index in [1.54, 1.807) is 13.8 Å². The second-order valence-corrected chi connectivity index (χ2v) is 10.3. The smallest absolute Gasteiger partial charge is 0.350 e. The lowest BCUT2D eigenvalue weighted by Crippen LogP contribution is -2.41. The van der Waals surface area contributed by atoms with Crippen LogP contribution >= 0.6 is 11.3 Å². The van der Waals surface area contributed by atoms with Crippen molar-refractivity contribution in [1.82, 2.24) is 9.29 Å². The number of aryl methyl sites for hydroxylation is 1. The number of nitriles is 1. The predicted octanol–water partition coefficient (Wildman–Crippen LogP) is 3.34. The molecule has 0 atom stereocenters. The third kappa shape index (κ3) is 6.60. The monoisotopic (exact) mass is 492 g/mol. The summed E-state index contributed by atoms with van der Waals surface area (Å²) in [7, 11) is -2.61. The number of likely N-dealkylation sites (N-methyl/N-ethyl adjacent to an activating group) is 1. The van der Waals surface area contributed by atoms with Crippen molar-refractivity contribution in [3.8, 4) is 6.07 Å². The van der Waals surface area contributed by atoms with Gasteiger partial charge in [-0.2, -0.15) is 9.57 Å². The van der Waals surface area contributed by atoms with Crippen LogP contribution in [0.25, 0.3) is 0 Å². The van der Waals surface area contributed by atoms with E-state index in [1.807, 2.05) is 13.0 Å². The Hall–Kier alpha value is -2.81. The van der Waals surface area contributed by atoms with Crippen LogP contribution in [-0.2, 0) is 19.6 Å². The van der Waals surface area contributed by atoms with Gasteiger partial charge in [0.15, 0.2) is 5.13 Å². The molecule has 0 spiro atoms. The first-order valence-corrected chi connectivity index (χ1v) is 12.8. The molecule has 1 amide bonds. The second kappa shape index (κ2) is 11.9. The van der Waals surface area contributed by atoms with Gasteiger partial charge in [-0.05, 0) is 44.5 Å². The van der Waals surface area contributed by atoms with Crippen LogP contribution in [0.3, 0.4) is 0 Å². The summed E-state index contributed by atoms with van der Waals surface area (Å²) >= 11 is 1.06. The molecular weight excluding hydrogens is 464 g/mol. The molecule has 0 unspecified atom stereocenters. The van der Waals surface area contributed by atoms with Crippen molar-refractivity contribution < 1.29 is 22.7 Å². The van der Waals surface area contributed by atoms with Gasteiger partial charge in [0.25, 0.3) is 0 Å². The van der Waals surface area contributed by atoms with Crippen LogP contribution < -0.4 is 4.90 Å². The molecule has 1 aromatic heterocycles. The number of carbonyl (C=O) groups excluding carboxylic acids is 2. The zero-order valence-corrected chi connectivity index (χ0v) is 20.8. The van der Waals surface area contributed by atoms with E-state index in [0.717, 1.165) is 28.5 Å². The number of sulfonamides is 1. The lowest BCUT2D eigenvalue weighted by Gasteiger charge is -2.23. The molecule has 0 radical (unpaired) electrons. The van der Waals surface area contributed by atoms with Gasteiger partial charge in [0.05, 0.1) is 35.4 Å². The van der Waals surface area contributed by atoms with E-state index in [1.165, 1.54) is 36.2 Å². The van der Waals surface area contributed by atoms with Crippen LogP contribution in [-0.4, -0.2) is 56.3 Å². The minimum atomic E-state index is -3.94. The van der Waals surface area contributed by atoms with E-state index >= 15 is 0 Å². The second-order valence-electron chi connectivity index (χ2n) is 7.28. The van der Waals surface area contributed by atoms with E-state index < -0.39 is 28.4 Å². The number of amides is 1. The molecule has 33 heavy (non-hydrogen) atoms. The number of rotatable bonds is 11. The van der Waals surface area contributed by atoms with Gasteiger partial charge in [-0.3, -0.25) is 9.69 Å². The molecule has 0 fully saturated rings. The predicted molar refractivity (Wildman–Crippen MR) is 126 cm³/mol. The first-order valence-electron chi connectivity index (χ1n) is 10.6. The summed E-state index contributed by atoms with van der Waals surface area (Å²) in [5.74, 6) is -0.949. The van der Waals surface area contributed by atoms with Gasteiger partial charge in [0.2, 0.25) is 15.9 Å². The topological polar surface area (TPSA) is 121 Å². The highest BCUT2D eigenvalue weighted by Gasteiger charge is 2.28. The first-order chi connectivity index (χ1) is 15.6. The molecule has 0 aliphatic rings. The Morgan fingerprint density at radius 2 is 1.85 bits per heavy atom. The quantitative estimate of drug-likeness (QED) is 0.348. The Morgan fingerprint density at radius 1 is 1.18 bits per heavy atom. The highest BCUT2D eigenvalue weighted by atomic mass is 32.2. The van der Waals surface area contributed by atoms with Crippen LogP contribution in [0.2, 0.25) is 0 Å². The number of hydrogen-bond donors (Lipinski definition) is 0. The van der Waals surface area contributed by atoms with Crippen LogP contribution in [0.4, 0.5) is 5.13 Å². The average molecular weight is 493 g/mol. The van der Waals surface area contributed by atoms with Crippen molar-refractivity contribution >= 4 is 38.4 Å². The summed E-state index contributed by atoms with van der Waals surface area (Å²) in [4.78, 5) is 31.5. The van der Waals surface area contributed by atoms with Gasteiger partial charge < -0.3 is 4.74 Å². The molecule has 1 aromatic carbocycles. The normalized spacial score (nSPS) is 11.3. The lowest BCUT2D eigenvalue weighted by atomic mass is 10.2. The van der Waals surface area contributed by atoms with Gasteiger partial charge in [-0.25, -0.2) is 18.2 Å². The number of unbranched alkanes of at least 4 members (excludes halogenated alkanes) is 2. The van der Waals surface area contributed by atoms with Crippen molar-refractivity contribution in [1.29, 1.82) is 5.26 Å². The van der Waals surface area contributed by atoms with Crippen LogP contribution in [0.15, 0.2) is 29.2 Å². The number of hydrogen-bond acceptors (Lipinski definition) is 8. The van der Waals surface area contributed by atoms with E-state index in [9.17, 15) is 18.0 Å². The third-order valence-corrected chi connectivity index (χ3v) is 7.79. The van der Waals surface area contributed by atoms with Crippen molar-refractivity contribution in [3.05, 3.63) is 40.4 Å². The maximum absolute atomic E-state index is 13.2. The summed E-state index contributed by atoms with van der Waals surface area (Å²) in [6, 6.07) is 7.44. The number of benzene rings is 1. The fourth-order valence-electron chi connectivity index (χ4n) is 2.97. The molecule has 0 saturated carbocycles. The Bertz CT molecular complexity index is 1120. The summed E-state index contributed by atoms with van der Waals surface area (Å²) in [6.45, 7) is 5.59. The van der Waals surface area contributed by atoms with Crippen molar-refractivity contribution in [2.75, 3.05) is 31.6 Å². The largest absolute Gasteiger partial charge is 0.462 e. The van der Waals surface area contributed by atoms with Crippen molar-refractivity contribution in [2.24, 2.45) is 0 Å². The molecule has 1 heterocycles. The van der Waals surface area contributed by atoms with E-state index in [4.69, 9.17) is 10.00 Å². The zero-order valence-electron chi connectivity index (χ0n) is 19.2. The Kier molecular flexibility index (Phi) is 9.52. The minimum Gasteiger partial charge on any atom is -0.462 e. The Labute approximate surface area is 198 Å². The number of ether oxygens (including phenoxy) is 1. The zero-order chi connectivity index (χ0) is 24.6. The van der Waals surface area contributed by atoms with Crippen molar-refractivity contribution in [2.45, 2.75) is 44.9 Å². The Morgan fingerprint density at radius 3 is 2.42 bits per heavy atom. The molecule has 0 N–H and O–H groups in total. The summed E-state index contributed by atoms with van der Waals surface area (Å²) in [5.41, 5.74) is 0.798. The van der Waals surface area contributed by atoms with Gasteiger partial charge in [0.1, 0.15) is 4.88 Å².